The van der Waals surface area contributed by atoms with Crippen molar-refractivity contribution in [1.82, 2.24) is 10.2 Å². The number of halogens is 1. The number of carbonyl (C=O) groups is 3. The van der Waals surface area contributed by atoms with Crippen LogP contribution >= 0.6 is 11.6 Å². The van der Waals surface area contributed by atoms with E-state index >= 15 is 0 Å². The SMILES string of the molecule is CC(C)(C)c1ccc(C2(C)NC(=O)N(CC(=O)Nc3cc([N+](=O)[O-])ccc3Cl)C2=O)cc1. The van der Waals surface area contributed by atoms with Gasteiger partial charge >= 0.3 is 6.03 Å². The van der Waals surface area contributed by atoms with E-state index in [4.69, 9.17) is 11.6 Å². The zero-order chi connectivity index (χ0) is 23.8. The van der Waals surface area contributed by atoms with Gasteiger partial charge in [0.25, 0.3) is 11.6 Å². The first kappa shape index (κ1) is 23.2. The predicted molar refractivity (Wildman–Crippen MR) is 119 cm³/mol. The van der Waals surface area contributed by atoms with Gasteiger partial charge < -0.3 is 10.6 Å². The van der Waals surface area contributed by atoms with Crippen molar-refractivity contribution in [2.45, 2.75) is 38.6 Å². The summed E-state index contributed by atoms with van der Waals surface area (Å²) in [6, 6.07) is 10.2. The molecule has 0 aromatic heterocycles. The first-order chi connectivity index (χ1) is 14.8. The van der Waals surface area contributed by atoms with Crippen molar-refractivity contribution < 1.29 is 19.3 Å². The number of imide groups is 1. The third-order valence-corrected chi connectivity index (χ3v) is 5.67. The number of benzene rings is 2. The molecule has 10 heteroatoms. The maximum Gasteiger partial charge on any atom is 0.325 e. The minimum atomic E-state index is -1.32. The Morgan fingerprint density at radius 2 is 1.81 bits per heavy atom. The Morgan fingerprint density at radius 3 is 2.38 bits per heavy atom. The fourth-order valence-corrected chi connectivity index (χ4v) is 3.56. The number of nitro benzene ring substituents is 1. The Balaban J connectivity index is 1.77. The molecule has 32 heavy (non-hydrogen) atoms. The lowest BCUT2D eigenvalue weighted by atomic mass is 9.84. The van der Waals surface area contributed by atoms with Gasteiger partial charge in [0.05, 0.1) is 15.6 Å². The molecule has 0 bridgehead atoms. The van der Waals surface area contributed by atoms with Gasteiger partial charge in [-0.25, -0.2) is 4.79 Å². The Hall–Kier alpha value is -3.46. The van der Waals surface area contributed by atoms with Crippen molar-refractivity contribution in [2.24, 2.45) is 0 Å². The van der Waals surface area contributed by atoms with Crippen LogP contribution in [0.2, 0.25) is 5.02 Å². The molecule has 1 heterocycles. The second kappa shape index (κ2) is 8.23. The number of nitro groups is 1. The molecule has 2 aromatic rings. The zero-order valence-corrected chi connectivity index (χ0v) is 18.8. The average Bonchev–Trinajstić information content (AvgIpc) is 2.93. The van der Waals surface area contributed by atoms with Gasteiger partial charge in [-0.05, 0) is 29.5 Å². The minimum absolute atomic E-state index is 0.0125. The summed E-state index contributed by atoms with van der Waals surface area (Å²) < 4.78 is 0. The Labute approximate surface area is 189 Å². The number of urea groups is 1. The maximum atomic E-state index is 13.1. The molecule has 168 valence electrons. The molecule has 2 aromatic carbocycles. The quantitative estimate of drug-likeness (QED) is 0.399. The smallest absolute Gasteiger partial charge is 0.323 e. The Kier molecular flexibility index (Phi) is 5.97. The standard InChI is InChI=1S/C22H23ClN4O5/c1-21(2,3)13-5-7-14(8-6-13)22(4)19(29)26(20(30)25-22)12-18(28)24-17-11-15(27(31)32)9-10-16(17)23/h5-11H,12H2,1-4H3,(H,24,28)(H,25,30). The molecule has 1 fully saturated rings. The van der Waals surface area contributed by atoms with Gasteiger partial charge in [-0.2, -0.15) is 0 Å². The van der Waals surface area contributed by atoms with E-state index in [-0.39, 0.29) is 21.8 Å². The summed E-state index contributed by atoms with van der Waals surface area (Å²) in [5.74, 6) is -1.30. The molecule has 1 atom stereocenters. The summed E-state index contributed by atoms with van der Waals surface area (Å²) in [7, 11) is 0. The van der Waals surface area contributed by atoms with Crippen LogP contribution in [-0.4, -0.2) is 34.2 Å². The normalized spacial score (nSPS) is 18.5. The predicted octanol–water partition coefficient (Wildman–Crippen LogP) is 3.95. The highest BCUT2D eigenvalue weighted by molar-refractivity contribution is 6.33. The number of nitrogens with one attached hydrogen (secondary N) is 2. The second-order valence-electron chi connectivity index (χ2n) is 8.74. The van der Waals surface area contributed by atoms with Gasteiger partial charge in [0.15, 0.2) is 0 Å². The van der Waals surface area contributed by atoms with Gasteiger partial charge in [0, 0.05) is 12.1 Å². The topological polar surface area (TPSA) is 122 Å². The molecular weight excluding hydrogens is 436 g/mol. The van der Waals surface area contributed by atoms with Crippen molar-refractivity contribution in [3.63, 3.8) is 0 Å². The van der Waals surface area contributed by atoms with E-state index in [1.807, 2.05) is 12.1 Å². The van der Waals surface area contributed by atoms with Crippen LogP contribution in [0.1, 0.15) is 38.8 Å². The van der Waals surface area contributed by atoms with Gasteiger partial charge in [-0.3, -0.25) is 24.6 Å². The Morgan fingerprint density at radius 1 is 1.19 bits per heavy atom. The summed E-state index contributed by atoms with van der Waals surface area (Å²) in [6.07, 6.45) is 0. The van der Waals surface area contributed by atoms with Crippen molar-refractivity contribution in [3.8, 4) is 0 Å². The van der Waals surface area contributed by atoms with Crippen LogP contribution in [-0.2, 0) is 20.5 Å². The van der Waals surface area contributed by atoms with Crippen molar-refractivity contribution in [3.05, 3.63) is 68.7 Å². The van der Waals surface area contributed by atoms with Crippen molar-refractivity contribution >= 4 is 40.8 Å². The van der Waals surface area contributed by atoms with E-state index in [0.29, 0.717) is 5.56 Å². The number of anilines is 1. The highest BCUT2D eigenvalue weighted by Crippen LogP contribution is 2.31. The average molecular weight is 459 g/mol. The van der Waals surface area contributed by atoms with Gasteiger partial charge in [0.1, 0.15) is 12.1 Å². The van der Waals surface area contributed by atoms with E-state index in [1.54, 1.807) is 19.1 Å². The number of amides is 4. The zero-order valence-electron chi connectivity index (χ0n) is 18.1. The molecule has 1 aliphatic heterocycles. The lowest BCUT2D eigenvalue weighted by Gasteiger charge is -2.24. The highest BCUT2D eigenvalue weighted by atomic mass is 35.5. The minimum Gasteiger partial charge on any atom is -0.323 e. The number of hydrogen-bond acceptors (Lipinski definition) is 5. The molecule has 0 radical (unpaired) electrons. The molecule has 2 N–H and O–H groups in total. The van der Waals surface area contributed by atoms with Gasteiger partial charge in [-0.1, -0.05) is 56.6 Å². The molecule has 4 amide bonds. The molecule has 0 spiro atoms. The third kappa shape index (κ3) is 4.43. The number of hydrogen-bond donors (Lipinski definition) is 2. The largest absolute Gasteiger partial charge is 0.325 e. The van der Waals surface area contributed by atoms with Gasteiger partial charge in [0.2, 0.25) is 5.91 Å². The van der Waals surface area contributed by atoms with Crippen LogP contribution in [0.15, 0.2) is 42.5 Å². The third-order valence-electron chi connectivity index (χ3n) is 5.34. The fraction of sp³-hybridized carbons (Fsp3) is 0.318. The van der Waals surface area contributed by atoms with E-state index in [2.05, 4.69) is 31.4 Å². The van der Waals surface area contributed by atoms with Crippen LogP contribution in [0.5, 0.6) is 0 Å². The van der Waals surface area contributed by atoms with E-state index < -0.39 is 34.9 Å². The van der Waals surface area contributed by atoms with Crippen LogP contribution < -0.4 is 10.6 Å². The van der Waals surface area contributed by atoms with Crippen molar-refractivity contribution in [2.75, 3.05) is 11.9 Å². The molecule has 1 aliphatic rings. The maximum absolute atomic E-state index is 13.1. The van der Waals surface area contributed by atoms with Gasteiger partial charge in [-0.15, -0.1) is 0 Å². The molecule has 3 rings (SSSR count). The van der Waals surface area contributed by atoms with Crippen LogP contribution in [0.25, 0.3) is 0 Å². The summed E-state index contributed by atoms with van der Waals surface area (Å²) in [4.78, 5) is 49.2. The Bertz CT molecular complexity index is 1110. The summed E-state index contributed by atoms with van der Waals surface area (Å²) in [6.45, 7) is 7.22. The number of rotatable bonds is 5. The highest BCUT2D eigenvalue weighted by Gasteiger charge is 2.49. The lowest BCUT2D eigenvalue weighted by Crippen LogP contribution is -2.42. The molecule has 1 unspecified atom stereocenters. The summed E-state index contributed by atoms with van der Waals surface area (Å²) >= 11 is 5.99. The molecule has 0 saturated carbocycles. The fourth-order valence-electron chi connectivity index (χ4n) is 3.40. The van der Waals surface area contributed by atoms with Crippen molar-refractivity contribution in [1.29, 1.82) is 0 Å². The van der Waals surface area contributed by atoms with E-state index in [9.17, 15) is 24.5 Å². The lowest BCUT2D eigenvalue weighted by molar-refractivity contribution is -0.384. The molecule has 0 aliphatic carbocycles. The number of nitrogens with zero attached hydrogens (tertiary/aromatic N) is 2. The first-order valence-electron chi connectivity index (χ1n) is 9.82. The molecule has 9 nitrogen and oxygen atoms in total. The van der Waals surface area contributed by atoms with Crippen LogP contribution in [0, 0.1) is 10.1 Å². The van der Waals surface area contributed by atoms with E-state index in [0.717, 1.165) is 16.5 Å². The second-order valence-corrected chi connectivity index (χ2v) is 9.15. The molecular formula is C22H23ClN4O5. The number of carbonyl (C=O) groups excluding carboxylic acids is 3. The molecule has 1 saturated heterocycles. The van der Waals surface area contributed by atoms with Crippen LogP contribution in [0.3, 0.4) is 0 Å². The summed E-state index contributed by atoms with van der Waals surface area (Å²) in [5, 5.41) is 16.1. The number of non-ortho nitro benzene ring substituents is 1. The van der Waals surface area contributed by atoms with E-state index in [1.165, 1.54) is 12.1 Å². The van der Waals surface area contributed by atoms with Crippen LogP contribution in [0.4, 0.5) is 16.2 Å². The monoisotopic (exact) mass is 458 g/mol. The first-order valence-corrected chi connectivity index (χ1v) is 10.2. The summed E-state index contributed by atoms with van der Waals surface area (Å²) in [5.41, 5.74) is 0.0293.